The summed E-state index contributed by atoms with van der Waals surface area (Å²) in [7, 11) is 0. The first-order chi connectivity index (χ1) is 21.7. The summed E-state index contributed by atoms with van der Waals surface area (Å²) in [5.41, 5.74) is -2.91. The first-order valence-corrected chi connectivity index (χ1v) is 16.1. The van der Waals surface area contributed by atoms with Gasteiger partial charge in [-0.3, -0.25) is 14.3 Å². The van der Waals surface area contributed by atoms with Crippen molar-refractivity contribution in [1.82, 2.24) is 19.4 Å². The van der Waals surface area contributed by atoms with Gasteiger partial charge in [0.05, 0.1) is 22.1 Å². The molecule has 3 aliphatic rings. The van der Waals surface area contributed by atoms with Gasteiger partial charge in [-0.15, -0.1) is 11.8 Å². The molecule has 7 nitrogen and oxygen atoms in total. The Bertz CT molecular complexity index is 1800. The molecule has 0 N–H and O–H groups in total. The minimum atomic E-state index is -5.00. The van der Waals surface area contributed by atoms with Gasteiger partial charge >= 0.3 is 11.9 Å². The van der Waals surface area contributed by atoms with E-state index in [-0.39, 0.29) is 59.5 Å². The van der Waals surface area contributed by atoms with E-state index < -0.39 is 69.5 Å². The first-order valence-electron chi connectivity index (χ1n) is 14.7. The second-order valence-corrected chi connectivity index (χ2v) is 13.4. The lowest BCUT2D eigenvalue weighted by atomic mass is 9.95. The normalized spacial score (nSPS) is 23.8. The van der Waals surface area contributed by atoms with Crippen molar-refractivity contribution < 1.29 is 31.1 Å². The number of aromatic nitrogens is 2. The van der Waals surface area contributed by atoms with Gasteiger partial charge in [-0.1, -0.05) is 18.2 Å². The molecule has 2 aromatic carbocycles. The van der Waals surface area contributed by atoms with Crippen molar-refractivity contribution in [1.29, 1.82) is 0 Å². The number of thioether (sulfide) groups is 1. The van der Waals surface area contributed by atoms with E-state index in [0.29, 0.717) is 19.0 Å². The topological polar surface area (TPSA) is 61.7 Å². The van der Waals surface area contributed by atoms with Crippen molar-refractivity contribution in [3.63, 3.8) is 0 Å². The Kier molecular flexibility index (Phi) is 8.60. The van der Waals surface area contributed by atoms with Gasteiger partial charge < -0.3 is 9.80 Å². The summed E-state index contributed by atoms with van der Waals surface area (Å²) in [6.07, 6.45) is -4.50. The second-order valence-electron chi connectivity index (χ2n) is 12.0. The number of likely N-dealkylation sites (tertiary alicyclic amines) is 1. The zero-order valence-corrected chi connectivity index (χ0v) is 26.5. The van der Waals surface area contributed by atoms with Gasteiger partial charge in [-0.25, -0.2) is 18.0 Å². The van der Waals surface area contributed by atoms with Crippen LogP contribution in [0.25, 0.3) is 22.0 Å². The molecule has 1 aromatic heterocycles. The molecule has 4 heterocycles. The quantitative estimate of drug-likeness (QED) is 0.178. The Balaban J connectivity index is 1.63. The number of halogens is 7. The molecule has 0 saturated carbocycles. The summed E-state index contributed by atoms with van der Waals surface area (Å²) >= 11 is 6.97. The van der Waals surface area contributed by atoms with Crippen LogP contribution < -0.4 is 10.6 Å². The van der Waals surface area contributed by atoms with Gasteiger partial charge in [0.2, 0.25) is 5.91 Å². The predicted molar refractivity (Wildman–Crippen MR) is 165 cm³/mol. The van der Waals surface area contributed by atoms with E-state index in [1.54, 1.807) is 23.6 Å². The van der Waals surface area contributed by atoms with Gasteiger partial charge in [-0.2, -0.15) is 18.2 Å². The van der Waals surface area contributed by atoms with E-state index in [0.717, 1.165) is 23.9 Å². The zero-order chi connectivity index (χ0) is 33.2. The molecule has 3 aliphatic heterocycles. The smallest absolute Gasteiger partial charge is 0.349 e. The van der Waals surface area contributed by atoms with Gasteiger partial charge in [0.25, 0.3) is 0 Å². The molecule has 4 atom stereocenters. The van der Waals surface area contributed by atoms with Crippen LogP contribution in [0.3, 0.4) is 0 Å². The fraction of sp³-hybridized carbons (Fsp3) is 0.452. The van der Waals surface area contributed by atoms with Gasteiger partial charge in [0, 0.05) is 78.0 Å². The molecule has 1 amide bonds. The molecule has 0 spiro atoms. The highest BCUT2D eigenvalue weighted by atomic mass is 35.5. The third-order valence-electron chi connectivity index (χ3n) is 8.91. The number of alkyl halides is 4. The van der Waals surface area contributed by atoms with Crippen molar-refractivity contribution in [2.75, 3.05) is 43.4 Å². The Morgan fingerprint density at radius 3 is 2.52 bits per heavy atom. The van der Waals surface area contributed by atoms with Crippen molar-refractivity contribution in [2.45, 2.75) is 55.6 Å². The highest BCUT2D eigenvalue weighted by molar-refractivity contribution is 7.99. The van der Waals surface area contributed by atoms with Gasteiger partial charge in [0.1, 0.15) is 23.6 Å². The number of carbonyl (C=O) groups excluding carboxylic acids is 1. The molecule has 2 fully saturated rings. The fourth-order valence-corrected chi connectivity index (χ4v) is 8.23. The Hall–Kier alpha value is -3.23. The number of rotatable bonds is 5. The summed E-state index contributed by atoms with van der Waals surface area (Å²) < 4.78 is 89.6. The molecule has 0 radical (unpaired) electrons. The highest BCUT2D eigenvalue weighted by Crippen LogP contribution is 2.51. The van der Waals surface area contributed by atoms with Crippen LogP contribution in [0, 0.1) is 11.6 Å². The highest BCUT2D eigenvalue weighted by Gasteiger charge is 2.41. The molecule has 6 rings (SSSR count). The van der Waals surface area contributed by atoms with Crippen LogP contribution in [0.2, 0.25) is 5.02 Å². The lowest BCUT2D eigenvalue weighted by Gasteiger charge is -2.45. The van der Waals surface area contributed by atoms with Crippen molar-refractivity contribution in [3.05, 3.63) is 63.6 Å². The molecule has 2 unspecified atom stereocenters. The maximum atomic E-state index is 15.3. The minimum absolute atomic E-state index is 0.00320. The average molecular weight is 686 g/mol. The summed E-state index contributed by atoms with van der Waals surface area (Å²) in [5.74, 6) is -2.55. The Morgan fingerprint density at radius 2 is 1.87 bits per heavy atom. The number of anilines is 1. The van der Waals surface area contributed by atoms with Crippen molar-refractivity contribution in [3.8, 4) is 11.1 Å². The maximum Gasteiger partial charge on any atom is 0.417 e. The van der Waals surface area contributed by atoms with E-state index in [1.165, 1.54) is 10.6 Å². The number of piperazine rings is 1. The number of nitrogens with zero attached hydrogens (tertiary/aromatic N) is 5. The van der Waals surface area contributed by atoms with Crippen LogP contribution in [0.5, 0.6) is 0 Å². The van der Waals surface area contributed by atoms with E-state index >= 15 is 4.39 Å². The monoisotopic (exact) mass is 685 g/mol. The number of amides is 1. The number of carbonyl (C=O) groups is 1. The third kappa shape index (κ3) is 5.66. The molecule has 246 valence electrons. The summed E-state index contributed by atoms with van der Waals surface area (Å²) in [4.78, 5) is 35.9. The van der Waals surface area contributed by atoms with Crippen molar-refractivity contribution in [2.24, 2.45) is 0 Å². The van der Waals surface area contributed by atoms with E-state index in [9.17, 15) is 31.5 Å². The molecular formula is C31H30ClF6N5O2S. The molecule has 0 bridgehead atoms. The van der Waals surface area contributed by atoms with Crippen LogP contribution in [0.4, 0.5) is 32.2 Å². The van der Waals surface area contributed by atoms with E-state index in [1.807, 2.05) is 4.90 Å². The van der Waals surface area contributed by atoms with Crippen LogP contribution >= 0.6 is 23.4 Å². The lowest BCUT2D eigenvalue weighted by molar-refractivity contribution is -0.137. The van der Waals surface area contributed by atoms with Crippen molar-refractivity contribution >= 4 is 46.0 Å². The molecule has 46 heavy (non-hydrogen) atoms. The maximum absolute atomic E-state index is 15.3. The first kappa shape index (κ1) is 32.7. The molecule has 3 aromatic rings. The largest absolute Gasteiger partial charge is 0.417 e. The summed E-state index contributed by atoms with van der Waals surface area (Å²) in [6.45, 7) is 8.33. The predicted octanol–water partition coefficient (Wildman–Crippen LogP) is 6.32. The van der Waals surface area contributed by atoms with Gasteiger partial charge in [-0.05, 0) is 38.5 Å². The standard InChI is InChI=1S/C31H30ClF6N5O2S/c1-4-25(44)41-10-16(3)42(11-15(41)2)29-20-7-21(31(36,37)38)26(19-8-22(32)24(35)9-23(19)34)28-27(20)43(30(45)39-29)18(14-46-28)13-40-6-5-17(33)12-40/h4,7-9,15-18H,1,5-6,10-14H2,2-3H3/t15-,16+,17?,18?/m1/s1. The van der Waals surface area contributed by atoms with E-state index in [2.05, 4.69) is 11.6 Å². The number of hydrogen-bond acceptors (Lipinski definition) is 6. The third-order valence-corrected chi connectivity index (χ3v) is 10.4. The number of hydrogen-bond donors (Lipinski definition) is 0. The van der Waals surface area contributed by atoms with Crippen LogP contribution in [-0.2, 0) is 11.0 Å². The molecule has 2 saturated heterocycles. The number of benzene rings is 2. The lowest BCUT2D eigenvalue weighted by Crippen LogP contribution is -2.58. The second kappa shape index (κ2) is 12.1. The molecule has 0 aliphatic carbocycles. The molecule has 15 heteroatoms. The van der Waals surface area contributed by atoms with Gasteiger partial charge in [0.15, 0.2) is 0 Å². The van der Waals surface area contributed by atoms with Crippen LogP contribution in [0.1, 0.15) is 31.9 Å². The SMILES string of the molecule is C=CC(=O)N1C[C@H](C)N(c2nc(=O)n3c4c(c(-c5cc(Cl)c(F)cc5F)c(C(F)(F)F)cc24)SCC3CN2CCC(F)C2)C[C@H]1C. The minimum Gasteiger partial charge on any atom is -0.349 e. The fourth-order valence-electron chi connectivity index (χ4n) is 6.74. The Morgan fingerprint density at radius 1 is 1.13 bits per heavy atom. The van der Waals surface area contributed by atoms with Crippen LogP contribution in [0.15, 0.2) is 40.5 Å². The van der Waals surface area contributed by atoms with E-state index in [4.69, 9.17) is 11.6 Å². The van der Waals surface area contributed by atoms with Crippen LogP contribution in [-0.4, -0.2) is 82.0 Å². The zero-order valence-electron chi connectivity index (χ0n) is 24.9. The summed E-state index contributed by atoms with van der Waals surface area (Å²) in [5, 5.41) is -0.545. The average Bonchev–Trinajstić information content (AvgIpc) is 3.41. The summed E-state index contributed by atoms with van der Waals surface area (Å²) in [6, 6.07) is 0.693. The Labute approximate surface area is 269 Å². The molecular weight excluding hydrogens is 656 g/mol.